The van der Waals surface area contributed by atoms with Gasteiger partial charge in [0.15, 0.2) is 0 Å². The van der Waals surface area contributed by atoms with Crippen molar-refractivity contribution in [1.82, 2.24) is 19.8 Å². The van der Waals surface area contributed by atoms with E-state index < -0.39 is 17.7 Å². The number of benzene rings is 1. The third kappa shape index (κ3) is 2.49. The lowest BCUT2D eigenvalue weighted by atomic mass is 9.99. The minimum Gasteiger partial charge on any atom is -0.465 e. The third-order valence-electron chi connectivity index (χ3n) is 2.89. The predicted octanol–water partition coefficient (Wildman–Crippen LogP) is 2.02. The van der Waals surface area contributed by atoms with E-state index in [9.17, 15) is 9.18 Å². The molecule has 2 heterocycles. The molecule has 1 aromatic carbocycles. The normalized spacial score (nSPS) is 12.5. The molecule has 6 nitrogen and oxygen atoms in total. The maximum absolute atomic E-state index is 14.0. The van der Waals surface area contributed by atoms with Gasteiger partial charge in [-0.3, -0.25) is 4.79 Å². The Bertz CT molecular complexity index is 757. The molecule has 0 aliphatic rings. The maximum atomic E-state index is 14.0. The molecule has 0 aliphatic carbocycles. The highest BCUT2D eigenvalue weighted by atomic mass is 32.1. The van der Waals surface area contributed by atoms with E-state index in [1.54, 1.807) is 25.1 Å². The van der Waals surface area contributed by atoms with Crippen molar-refractivity contribution in [3.05, 3.63) is 47.0 Å². The fraction of sp³-hybridized carbons (Fsp3) is 0.231. The average Bonchev–Trinajstić information content (AvgIpc) is 3.03. The Morgan fingerprint density at radius 1 is 1.48 bits per heavy atom. The summed E-state index contributed by atoms with van der Waals surface area (Å²) in [5.74, 6) is -1.91. The molecule has 8 heteroatoms. The molecule has 0 amide bonds. The van der Waals surface area contributed by atoms with Crippen LogP contribution in [0.3, 0.4) is 0 Å². The summed E-state index contributed by atoms with van der Waals surface area (Å²) in [5.41, 5.74) is 0.237. The number of ether oxygens (including phenoxy) is 1. The molecule has 1 unspecified atom stereocenters. The van der Waals surface area contributed by atoms with Gasteiger partial charge >= 0.3 is 5.97 Å². The molecular formula is C13H11FN4O2S. The van der Waals surface area contributed by atoms with Crippen LogP contribution in [-0.2, 0) is 9.53 Å². The van der Waals surface area contributed by atoms with Crippen molar-refractivity contribution < 1.29 is 13.9 Å². The molecule has 0 aliphatic heterocycles. The van der Waals surface area contributed by atoms with Crippen LogP contribution < -0.4 is 0 Å². The van der Waals surface area contributed by atoms with Crippen LogP contribution in [-0.4, -0.2) is 32.4 Å². The van der Waals surface area contributed by atoms with E-state index in [-0.39, 0.29) is 12.2 Å². The summed E-state index contributed by atoms with van der Waals surface area (Å²) in [6.45, 7) is 1.92. The van der Waals surface area contributed by atoms with Crippen LogP contribution in [0, 0.1) is 5.82 Å². The Kier molecular flexibility index (Phi) is 3.61. The van der Waals surface area contributed by atoms with Crippen molar-refractivity contribution in [2.45, 2.75) is 12.8 Å². The molecule has 3 aromatic rings. The Balaban J connectivity index is 2.10. The van der Waals surface area contributed by atoms with Crippen molar-refractivity contribution in [1.29, 1.82) is 0 Å². The zero-order valence-electron chi connectivity index (χ0n) is 11.1. The lowest BCUT2D eigenvalue weighted by molar-refractivity contribution is -0.143. The summed E-state index contributed by atoms with van der Waals surface area (Å²) in [6.07, 6.45) is 1.43. The first kappa shape index (κ1) is 13.6. The maximum Gasteiger partial charge on any atom is 0.320 e. The number of esters is 1. The average molecular weight is 306 g/mol. The Hall–Kier alpha value is -2.35. The van der Waals surface area contributed by atoms with Gasteiger partial charge in [0.1, 0.15) is 23.1 Å². The second-order valence-corrected chi connectivity index (χ2v) is 5.19. The first-order chi connectivity index (χ1) is 10.2. The molecule has 2 aromatic heterocycles. The lowest BCUT2D eigenvalue weighted by Crippen LogP contribution is -2.18. The van der Waals surface area contributed by atoms with Crippen molar-refractivity contribution in [3.63, 3.8) is 0 Å². The van der Waals surface area contributed by atoms with Crippen molar-refractivity contribution >= 4 is 22.3 Å². The van der Waals surface area contributed by atoms with E-state index >= 15 is 0 Å². The molecule has 0 N–H and O–H groups in total. The van der Waals surface area contributed by atoms with Crippen LogP contribution in [0.4, 0.5) is 4.39 Å². The molecule has 0 saturated carbocycles. The van der Waals surface area contributed by atoms with Crippen molar-refractivity contribution in [2.24, 2.45) is 0 Å². The van der Waals surface area contributed by atoms with Gasteiger partial charge in [0.2, 0.25) is 4.96 Å². The molecule has 0 radical (unpaired) electrons. The highest BCUT2D eigenvalue weighted by Gasteiger charge is 2.30. The number of nitrogens with zero attached hydrogens (tertiary/aromatic N) is 4. The minimum atomic E-state index is -0.905. The topological polar surface area (TPSA) is 69.4 Å². The number of halogens is 1. The van der Waals surface area contributed by atoms with Crippen LogP contribution in [0.1, 0.15) is 23.4 Å². The second kappa shape index (κ2) is 5.57. The molecule has 0 spiro atoms. The summed E-state index contributed by atoms with van der Waals surface area (Å²) in [5, 5.41) is 12.2. The van der Waals surface area contributed by atoms with Crippen molar-refractivity contribution in [3.8, 4) is 0 Å². The molecule has 3 rings (SSSR count). The molecule has 108 valence electrons. The Morgan fingerprint density at radius 2 is 2.29 bits per heavy atom. The second-order valence-electron chi connectivity index (χ2n) is 4.20. The number of hydrogen-bond acceptors (Lipinski definition) is 6. The number of carbonyl (C=O) groups is 1. The van der Waals surface area contributed by atoms with Gasteiger partial charge in [-0.1, -0.05) is 29.5 Å². The van der Waals surface area contributed by atoms with Crippen LogP contribution in [0.15, 0.2) is 30.6 Å². The molecular weight excluding hydrogens is 295 g/mol. The number of carbonyl (C=O) groups excluding carboxylic acids is 1. The van der Waals surface area contributed by atoms with Gasteiger partial charge in [0.05, 0.1) is 6.61 Å². The zero-order valence-corrected chi connectivity index (χ0v) is 11.9. The standard InChI is InChI=1S/C13H11FN4O2S/c1-2-20-12(19)10(8-5-3-4-6-9(8)14)11-17-18-7-15-16-13(18)21-11/h3-7,10H,2H2,1H3. The lowest BCUT2D eigenvalue weighted by Gasteiger charge is -2.13. The van der Waals surface area contributed by atoms with Gasteiger partial charge in [0.25, 0.3) is 0 Å². The fourth-order valence-electron chi connectivity index (χ4n) is 1.99. The van der Waals surface area contributed by atoms with Crippen molar-refractivity contribution in [2.75, 3.05) is 6.61 Å². The fourth-order valence-corrected chi connectivity index (χ4v) is 2.91. The van der Waals surface area contributed by atoms with Crippen LogP contribution in [0.5, 0.6) is 0 Å². The quantitative estimate of drug-likeness (QED) is 0.690. The Morgan fingerprint density at radius 3 is 3.00 bits per heavy atom. The summed E-state index contributed by atoms with van der Waals surface area (Å²) in [4.78, 5) is 12.8. The monoisotopic (exact) mass is 306 g/mol. The molecule has 0 saturated heterocycles. The minimum absolute atomic E-state index is 0.216. The zero-order chi connectivity index (χ0) is 14.8. The summed E-state index contributed by atoms with van der Waals surface area (Å²) in [6, 6.07) is 6.10. The van der Waals surface area contributed by atoms with Gasteiger partial charge in [-0.15, -0.1) is 10.2 Å². The highest BCUT2D eigenvalue weighted by Crippen LogP contribution is 2.30. The first-order valence-electron chi connectivity index (χ1n) is 6.28. The number of rotatable bonds is 4. The van der Waals surface area contributed by atoms with E-state index in [0.29, 0.717) is 9.97 Å². The summed E-state index contributed by atoms with van der Waals surface area (Å²) in [7, 11) is 0. The largest absolute Gasteiger partial charge is 0.465 e. The number of fused-ring (bicyclic) bond motifs is 1. The van der Waals surface area contributed by atoms with Crippen LogP contribution in [0.2, 0.25) is 0 Å². The first-order valence-corrected chi connectivity index (χ1v) is 7.10. The van der Waals surface area contributed by atoms with E-state index in [0.717, 1.165) is 0 Å². The van der Waals surface area contributed by atoms with E-state index in [2.05, 4.69) is 15.3 Å². The van der Waals surface area contributed by atoms with Crippen LogP contribution >= 0.6 is 11.3 Å². The predicted molar refractivity (Wildman–Crippen MR) is 73.5 cm³/mol. The van der Waals surface area contributed by atoms with Crippen LogP contribution in [0.25, 0.3) is 4.96 Å². The molecule has 0 fully saturated rings. The highest BCUT2D eigenvalue weighted by molar-refractivity contribution is 7.16. The van der Waals surface area contributed by atoms with E-state index in [1.165, 1.54) is 28.2 Å². The van der Waals surface area contributed by atoms with Gasteiger partial charge in [0, 0.05) is 5.56 Å². The Labute approximate surface area is 123 Å². The summed E-state index contributed by atoms with van der Waals surface area (Å²) >= 11 is 1.18. The van der Waals surface area contributed by atoms with Gasteiger partial charge in [-0.2, -0.15) is 9.61 Å². The molecule has 0 bridgehead atoms. The van der Waals surface area contributed by atoms with E-state index in [1.807, 2.05) is 0 Å². The van der Waals surface area contributed by atoms with E-state index in [4.69, 9.17) is 4.74 Å². The third-order valence-corrected chi connectivity index (χ3v) is 3.87. The van der Waals surface area contributed by atoms with Gasteiger partial charge in [-0.05, 0) is 13.0 Å². The number of hydrogen-bond donors (Lipinski definition) is 0. The molecule has 21 heavy (non-hydrogen) atoms. The molecule has 1 atom stereocenters. The SMILES string of the molecule is CCOC(=O)C(c1nn2cnnc2s1)c1ccccc1F. The van der Waals surface area contributed by atoms with Gasteiger partial charge in [-0.25, -0.2) is 4.39 Å². The number of aromatic nitrogens is 4. The van der Waals surface area contributed by atoms with Gasteiger partial charge < -0.3 is 4.74 Å². The smallest absolute Gasteiger partial charge is 0.320 e. The summed E-state index contributed by atoms with van der Waals surface area (Å²) < 4.78 is 20.5.